The van der Waals surface area contributed by atoms with Crippen LogP contribution in [0.3, 0.4) is 0 Å². The molecule has 2 rings (SSSR count). The number of thiophene rings is 1. The van der Waals surface area contributed by atoms with Crippen molar-refractivity contribution < 1.29 is 14.4 Å². The lowest BCUT2D eigenvalue weighted by Crippen LogP contribution is -2.23. The molecule has 0 aliphatic carbocycles. The molecule has 7 nitrogen and oxygen atoms in total. The molecule has 0 saturated carbocycles. The maximum atomic E-state index is 12.3. The number of pyridine rings is 1. The Morgan fingerprint density at radius 3 is 2.57 bits per heavy atom. The monoisotopic (exact) mass is 332 g/mol. The molecule has 23 heavy (non-hydrogen) atoms. The van der Waals surface area contributed by atoms with E-state index in [-0.39, 0.29) is 17.7 Å². The lowest BCUT2D eigenvalue weighted by atomic mass is 10.2. The molecular formula is C15H16N4O3S. The van der Waals surface area contributed by atoms with Crippen LogP contribution in [0.25, 0.3) is 0 Å². The van der Waals surface area contributed by atoms with Crippen molar-refractivity contribution in [3.63, 3.8) is 0 Å². The van der Waals surface area contributed by atoms with Crippen LogP contribution in [0.4, 0.5) is 10.8 Å². The lowest BCUT2D eigenvalue weighted by Gasteiger charge is -2.11. The summed E-state index contributed by atoms with van der Waals surface area (Å²) in [7, 11) is 3.29. The SMILES string of the molecule is CC(=O)Nc1cc(C(=O)Nc2sccc2C(=O)N(C)C)ccn1. The van der Waals surface area contributed by atoms with Crippen molar-refractivity contribution in [2.24, 2.45) is 0 Å². The number of nitrogens with zero attached hydrogens (tertiary/aromatic N) is 2. The van der Waals surface area contributed by atoms with Crippen LogP contribution in [0.1, 0.15) is 27.6 Å². The highest BCUT2D eigenvalue weighted by molar-refractivity contribution is 7.14. The molecule has 0 aliphatic heterocycles. The molecule has 2 N–H and O–H groups in total. The van der Waals surface area contributed by atoms with Gasteiger partial charge in [0.05, 0.1) is 5.56 Å². The van der Waals surface area contributed by atoms with Gasteiger partial charge in [0.25, 0.3) is 11.8 Å². The summed E-state index contributed by atoms with van der Waals surface area (Å²) in [6.45, 7) is 1.36. The molecule has 0 atom stereocenters. The first-order chi connectivity index (χ1) is 10.9. The zero-order valence-corrected chi connectivity index (χ0v) is 13.7. The summed E-state index contributed by atoms with van der Waals surface area (Å²) >= 11 is 1.27. The maximum absolute atomic E-state index is 12.3. The summed E-state index contributed by atoms with van der Waals surface area (Å²) in [6, 6.07) is 4.66. The van der Waals surface area contributed by atoms with Gasteiger partial charge in [0.15, 0.2) is 0 Å². The van der Waals surface area contributed by atoms with Crippen LogP contribution in [-0.2, 0) is 4.79 Å². The largest absolute Gasteiger partial charge is 0.345 e. The second-order valence-electron chi connectivity index (χ2n) is 4.93. The number of carbonyl (C=O) groups is 3. The molecule has 0 aromatic carbocycles. The van der Waals surface area contributed by atoms with Crippen LogP contribution in [0.5, 0.6) is 0 Å². The Bertz CT molecular complexity index is 755. The first kappa shape index (κ1) is 16.6. The van der Waals surface area contributed by atoms with Crippen LogP contribution in [-0.4, -0.2) is 41.7 Å². The highest BCUT2D eigenvalue weighted by Crippen LogP contribution is 2.25. The molecule has 8 heteroatoms. The van der Waals surface area contributed by atoms with Crippen molar-refractivity contribution in [1.82, 2.24) is 9.88 Å². The second-order valence-corrected chi connectivity index (χ2v) is 5.84. The fraction of sp³-hybridized carbons (Fsp3) is 0.200. The van der Waals surface area contributed by atoms with Crippen LogP contribution in [0, 0.1) is 0 Å². The molecule has 0 saturated heterocycles. The fourth-order valence-corrected chi connectivity index (χ4v) is 2.59. The zero-order valence-electron chi connectivity index (χ0n) is 12.9. The van der Waals surface area contributed by atoms with E-state index < -0.39 is 0 Å². The molecule has 0 spiro atoms. The van der Waals surface area contributed by atoms with Gasteiger partial charge in [-0.2, -0.15) is 0 Å². The summed E-state index contributed by atoms with van der Waals surface area (Å²) < 4.78 is 0. The first-order valence-corrected chi connectivity index (χ1v) is 7.60. The predicted octanol–water partition coefficient (Wildman–Crippen LogP) is 2.06. The Morgan fingerprint density at radius 2 is 1.91 bits per heavy atom. The van der Waals surface area contributed by atoms with E-state index >= 15 is 0 Å². The summed E-state index contributed by atoms with van der Waals surface area (Å²) in [5, 5.41) is 7.45. The predicted molar refractivity (Wildman–Crippen MR) is 88.8 cm³/mol. The Balaban J connectivity index is 2.19. The summed E-state index contributed by atoms with van der Waals surface area (Å²) in [6.07, 6.45) is 1.43. The molecule has 0 unspecified atom stereocenters. The molecule has 3 amide bonds. The van der Waals surface area contributed by atoms with E-state index in [1.165, 1.54) is 41.5 Å². The number of aromatic nitrogens is 1. The number of anilines is 2. The second kappa shape index (κ2) is 7.01. The van der Waals surface area contributed by atoms with Crippen molar-refractivity contribution >= 4 is 39.9 Å². The number of rotatable bonds is 4. The molecule has 0 aliphatic rings. The van der Waals surface area contributed by atoms with E-state index in [4.69, 9.17) is 0 Å². The minimum atomic E-state index is -0.380. The van der Waals surface area contributed by atoms with E-state index in [9.17, 15) is 14.4 Å². The van der Waals surface area contributed by atoms with Crippen molar-refractivity contribution in [3.8, 4) is 0 Å². The summed E-state index contributed by atoms with van der Waals surface area (Å²) in [5.41, 5.74) is 0.768. The number of carbonyl (C=O) groups excluding carboxylic acids is 3. The van der Waals surface area contributed by atoms with Gasteiger partial charge in [-0.25, -0.2) is 4.98 Å². The van der Waals surface area contributed by atoms with Gasteiger partial charge in [-0.15, -0.1) is 11.3 Å². The molecule has 2 aromatic rings. The molecule has 0 radical (unpaired) electrons. The smallest absolute Gasteiger partial charge is 0.256 e. The van der Waals surface area contributed by atoms with E-state index in [0.717, 1.165) is 0 Å². The minimum absolute atomic E-state index is 0.185. The van der Waals surface area contributed by atoms with Gasteiger partial charge in [0.1, 0.15) is 10.8 Å². The van der Waals surface area contributed by atoms with Gasteiger partial charge in [-0.05, 0) is 23.6 Å². The average Bonchev–Trinajstić information content (AvgIpc) is 2.93. The third-order valence-electron chi connectivity index (χ3n) is 2.86. The third-order valence-corrected chi connectivity index (χ3v) is 3.68. The quantitative estimate of drug-likeness (QED) is 0.896. The Labute approximate surface area is 137 Å². The highest BCUT2D eigenvalue weighted by Gasteiger charge is 2.17. The van der Waals surface area contributed by atoms with Gasteiger partial charge >= 0.3 is 0 Å². The van der Waals surface area contributed by atoms with E-state index in [1.807, 2.05) is 0 Å². The first-order valence-electron chi connectivity index (χ1n) is 6.72. The highest BCUT2D eigenvalue weighted by atomic mass is 32.1. The topological polar surface area (TPSA) is 91.4 Å². The summed E-state index contributed by atoms with van der Waals surface area (Å²) in [4.78, 5) is 40.8. The Morgan fingerprint density at radius 1 is 1.17 bits per heavy atom. The number of hydrogen-bond donors (Lipinski definition) is 2. The van der Waals surface area contributed by atoms with Gasteiger partial charge in [0.2, 0.25) is 5.91 Å². The van der Waals surface area contributed by atoms with Crippen molar-refractivity contribution in [2.45, 2.75) is 6.92 Å². The van der Waals surface area contributed by atoms with Gasteiger partial charge < -0.3 is 15.5 Å². The van der Waals surface area contributed by atoms with Gasteiger partial charge in [-0.3, -0.25) is 14.4 Å². The molecule has 0 fully saturated rings. The molecule has 0 bridgehead atoms. The van der Waals surface area contributed by atoms with Crippen LogP contribution >= 0.6 is 11.3 Å². The third kappa shape index (κ3) is 4.13. The van der Waals surface area contributed by atoms with Crippen molar-refractivity contribution in [2.75, 3.05) is 24.7 Å². The standard InChI is InChI=1S/C15H16N4O3S/c1-9(20)17-12-8-10(4-6-16-12)13(21)18-14-11(5-7-23-14)15(22)19(2)3/h4-8H,1-3H3,(H,18,21)(H,16,17,20). The van der Waals surface area contributed by atoms with E-state index in [2.05, 4.69) is 15.6 Å². The molecule has 120 valence electrons. The lowest BCUT2D eigenvalue weighted by molar-refractivity contribution is -0.114. The minimum Gasteiger partial charge on any atom is -0.345 e. The van der Waals surface area contributed by atoms with Crippen LogP contribution in [0.2, 0.25) is 0 Å². The molecule has 2 aromatic heterocycles. The van der Waals surface area contributed by atoms with Gasteiger partial charge in [0, 0.05) is 32.8 Å². The number of hydrogen-bond acceptors (Lipinski definition) is 5. The molecular weight excluding hydrogens is 316 g/mol. The van der Waals surface area contributed by atoms with Crippen LogP contribution < -0.4 is 10.6 Å². The number of amides is 3. The summed E-state index contributed by atoms with van der Waals surface area (Å²) in [5.74, 6) is -0.544. The number of nitrogens with one attached hydrogen (secondary N) is 2. The Kier molecular flexibility index (Phi) is 5.07. The Hall–Kier alpha value is -2.74. The van der Waals surface area contributed by atoms with E-state index in [0.29, 0.717) is 21.9 Å². The van der Waals surface area contributed by atoms with E-state index in [1.54, 1.807) is 25.5 Å². The fourth-order valence-electron chi connectivity index (χ4n) is 1.81. The van der Waals surface area contributed by atoms with Crippen molar-refractivity contribution in [3.05, 3.63) is 40.9 Å². The van der Waals surface area contributed by atoms with Gasteiger partial charge in [-0.1, -0.05) is 0 Å². The van der Waals surface area contributed by atoms with Crippen LogP contribution in [0.15, 0.2) is 29.8 Å². The normalized spacial score (nSPS) is 10.0. The maximum Gasteiger partial charge on any atom is 0.256 e. The zero-order chi connectivity index (χ0) is 17.0. The van der Waals surface area contributed by atoms with Crippen molar-refractivity contribution in [1.29, 1.82) is 0 Å². The molecule has 2 heterocycles. The average molecular weight is 332 g/mol.